The third-order valence-corrected chi connectivity index (χ3v) is 5.21. The number of nitrogens with one attached hydrogen (secondary N) is 1. The Morgan fingerprint density at radius 3 is 2.59 bits per heavy atom. The number of aliphatic carboxylic acids is 2. The highest BCUT2D eigenvalue weighted by Crippen LogP contribution is 2.36. The van der Waals surface area contributed by atoms with E-state index in [0.29, 0.717) is 23.6 Å². The third kappa shape index (κ3) is 4.53. The summed E-state index contributed by atoms with van der Waals surface area (Å²) < 4.78 is 5.26. The number of aliphatic hydroxyl groups is 1. The molecule has 0 spiro atoms. The van der Waals surface area contributed by atoms with Crippen molar-refractivity contribution < 1.29 is 29.6 Å². The Morgan fingerprint density at radius 1 is 1.21 bits per heavy atom. The van der Waals surface area contributed by atoms with Crippen LogP contribution in [-0.2, 0) is 22.4 Å². The van der Waals surface area contributed by atoms with Crippen LogP contribution in [0.2, 0.25) is 5.02 Å². The van der Waals surface area contributed by atoms with Crippen LogP contribution in [0.5, 0.6) is 5.75 Å². The minimum atomic E-state index is -2.27. The molecule has 2 atom stereocenters. The Labute approximate surface area is 172 Å². The van der Waals surface area contributed by atoms with Crippen molar-refractivity contribution in [1.29, 1.82) is 0 Å². The summed E-state index contributed by atoms with van der Waals surface area (Å²) in [7, 11) is 0. The van der Waals surface area contributed by atoms with Crippen molar-refractivity contribution in [1.82, 2.24) is 5.32 Å². The summed E-state index contributed by atoms with van der Waals surface area (Å²) in [5, 5.41) is 32.7. The molecule has 7 nitrogen and oxygen atoms in total. The highest BCUT2D eigenvalue weighted by Gasteiger charge is 2.54. The van der Waals surface area contributed by atoms with Crippen molar-refractivity contribution in [3.05, 3.63) is 64.2 Å². The molecule has 0 amide bonds. The SMILES string of the molecule is CC(Cc1ccc2c(c1)CC(C(=O)O)(C(=O)O)O2)NCC(O)c1cccc(Cl)c1. The number of aliphatic hydroxyl groups excluding tert-OH is 1. The van der Waals surface area contributed by atoms with E-state index in [0.717, 1.165) is 11.1 Å². The summed E-state index contributed by atoms with van der Waals surface area (Å²) in [6.45, 7) is 2.31. The summed E-state index contributed by atoms with van der Waals surface area (Å²) in [6, 6.07) is 12.2. The fourth-order valence-electron chi connectivity index (χ4n) is 3.39. The molecule has 8 heteroatoms. The highest BCUT2D eigenvalue weighted by atomic mass is 35.5. The van der Waals surface area contributed by atoms with Gasteiger partial charge in [-0.05, 0) is 48.2 Å². The number of carboxylic acid groups (broad SMARTS) is 2. The van der Waals surface area contributed by atoms with Gasteiger partial charge in [0, 0.05) is 24.0 Å². The Kier molecular flexibility index (Phi) is 6.12. The van der Waals surface area contributed by atoms with Gasteiger partial charge in [0.15, 0.2) is 0 Å². The van der Waals surface area contributed by atoms with Gasteiger partial charge in [-0.15, -0.1) is 0 Å². The molecule has 0 saturated carbocycles. The number of hydrogen-bond donors (Lipinski definition) is 4. The first-order valence-electron chi connectivity index (χ1n) is 9.16. The van der Waals surface area contributed by atoms with Crippen molar-refractivity contribution >= 4 is 23.5 Å². The van der Waals surface area contributed by atoms with Crippen LogP contribution < -0.4 is 10.1 Å². The van der Waals surface area contributed by atoms with E-state index in [1.165, 1.54) is 0 Å². The van der Waals surface area contributed by atoms with Crippen LogP contribution in [0.25, 0.3) is 0 Å². The quantitative estimate of drug-likeness (QED) is 0.485. The Bertz CT molecular complexity index is 917. The first-order valence-corrected chi connectivity index (χ1v) is 9.53. The molecule has 0 fully saturated rings. The van der Waals surface area contributed by atoms with E-state index in [2.05, 4.69) is 5.32 Å². The minimum absolute atomic E-state index is 0.0212. The number of halogens is 1. The molecule has 4 N–H and O–H groups in total. The molecule has 1 aliphatic heterocycles. The van der Waals surface area contributed by atoms with Crippen molar-refractivity contribution in [3.8, 4) is 5.75 Å². The molecule has 1 aliphatic rings. The smallest absolute Gasteiger partial charge is 0.360 e. The number of carboxylic acids is 2. The molecular formula is C21H22ClNO6. The van der Waals surface area contributed by atoms with Gasteiger partial charge < -0.3 is 25.4 Å². The zero-order valence-electron chi connectivity index (χ0n) is 15.8. The molecule has 0 radical (unpaired) electrons. The average molecular weight is 420 g/mol. The molecule has 0 bridgehead atoms. The average Bonchev–Trinajstić information content (AvgIpc) is 3.06. The lowest BCUT2D eigenvalue weighted by atomic mass is 9.95. The van der Waals surface area contributed by atoms with E-state index in [9.17, 15) is 24.9 Å². The molecule has 1 heterocycles. The summed E-state index contributed by atoms with van der Waals surface area (Å²) >= 11 is 5.95. The lowest BCUT2D eigenvalue weighted by molar-refractivity contribution is -0.170. The first-order chi connectivity index (χ1) is 13.7. The fourth-order valence-corrected chi connectivity index (χ4v) is 3.59. The summed E-state index contributed by atoms with van der Waals surface area (Å²) in [5.41, 5.74) is -0.0773. The maximum atomic E-state index is 11.4. The van der Waals surface area contributed by atoms with Gasteiger partial charge in [-0.1, -0.05) is 35.9 Å². The van der Waals surface area contributed by atoms with Crippen LogP contribution in [0.15, 0.2) is 42.5 Å². The predicted octanol–water partition coefficient (Wildman–Crippen LogP) is 2.44. The number of benzene rings is 2. The van der Waals surface area contributed by atoms with E-state index in [4.69, 9.17) is 16.3 Å². The number of rotatable bonds is 8. The molecular weight excluding hydrogens is 398 g/mol. The monoisotopic (exact) mass is 419 g/mol. The Balaban J connectivity index is 1.61. The maximum absolute atomic E-state index is 11.4. The summed E-state index contributed by atoms with van der Waals surface area (Å²) in [6.07, 6.45) is -0.310. The van der Waals surface area contributed by atoms with E-state index >= 15 is 0 Å². The summed E-state index contributed by atoms with van der Waals surface area (Å²) in [5.74, 6) is -2.77. The Morgan fingerprint density at radius 2 is 1.93 bits per heavy atom. The van der Waals surface area contributed by atoms with Crippen LogP contribution in [0.3, 0.4) is 0 Å². The van der Waals surface area contributed by atoms with Gasteiger partial charge in [0.1, 0.15) is 5.75 Å². The largest absolute Gasteiger partial charge is 0.478 e. The fraction of sp³-hybridized carbons (Fsp3) is 0.333. The van der Waals surface area contributed by atoms with Crippen LogP contribution in [-0.4, -0.2) is 45.4 Å². The first kappa shape index (κ1) is 21.1. The molecule has 0 saturated heterocycles. The second kappa shape index (κ2) is 8.41. The van der Waals surface area contributed by atoms with Crippen molar-refractivity contribution in [3.63, 3.8) is 0 Å². The maximum Gasteiger partial charge on any atom is 0.360 e. The van der Waals surface area contributed by atoms with E-state index in [-0.39, 0.29) is 18.2 Å². The molecule has 29 heavy (non-hydrogen) atoms. The molecule has 2 unspecified atom stereocenters. The molecule has 0 aliphatic carbocycles. The number of carbonyl (C=O) groups is 2. The molecule has 3 rings (SSSR count). The van der Waals surface area contributed by atoms with Crippen molar-refractivity contribution in [2.45, 2.75) is 37.5 Å². The van der Waals surface area contributed by atoms with Gasteiger partial charge in [-0.25, -0.2) is 9.59 Å². The second-order valence-corrected chi connectivity index (χ2v) is 7.68. The van der Waals surface area contributed by atoms with Crippen molar-refractivity contribution in [2.24, 2.45) is 0 Å². The zero-order valence-corrected chi connectivity index (χ0v) is 16.5. The van der Waals surface area contributed by atoms with Gasteiger partial charge in [-0.3, -0.25) is 0 Å². The minimum Gasteiger partial charge on any atom is -0.478 e. The second-order valence-electron chi connectivity index (χ2n) is 7.24. The normalized spacial score (nSPS) is 16.5. The van der Waals surface area contributed by atoms with Crippen LogP contribution in [0.1, 0.15) is 29.7 Å². The number of ether oxygens (including phenoxy) is 1. The zero-order chi connectivity index (χ0) is 21.2. The molecule has 154 valence electrons. The lowest BCUT2D eigenvalue weighted by Gasteiger charge is -2.18. The van der Waals surface area contributed by atoms with Gasteiger partial charge >= 0.3 is 17.5 Å². The molecule has 2 aromatic rings. The van der Waals surface area contributed by atoms with Crippen LogP contribution >= 0.6 is 11.6 Å². The van der Waals surface area contributed by atoms with Crippen LogP contribution in [0.4, 0.5) is 0 Å². The summed E-state index contributed by atoms with van der Waals surface area (Å²) in [4.78, 5) is 22.9. The predicted molar refractivity (Wildman–Crippen MR) is 106 cm³/mol. The van der Waals surface area contributed by atoms with E-state index < -0.39 is 23.6 Å². The van der Waals surface area contributed by atoms with E-state index in [1.54, 1.807) is 42.5 Å². The third-order valence-electron chi connectivity index (χ3n) is 4.97. The Hall–Kier alpha value is -2.61. The van der Waals surface area contributed by atoms with Gasteiger partial charge in [0.2, 0.25) is 0 Å². The highest BCUT2D eigenvalue weighted by molar-refractivity contribution is 6.30. The van der Waals surface area contributed by atoms with Gasteiger partial charge in [0.25, 0.3) is 0 Å². The standard InChI is InChI=1S/C21H22ClNO6/c1-12(23-11-17(24)14-3-2-4-16(22)9-14)7-13-5-6-18-15(8-13)10-21(29-18,19(25)26)20(27)28/h2-6,8-9,12,17,23-24H,7,10-11H2,1H3,(H,25,26)(H,27,28). The molecule has 2 aromatic carbocycles. The van der Waals surface area contributed by atoms with Gasteiger partial charge in [0.05, 0.1) is 6.10 Å². The lowest BCUT2D eigenvalue weighted by Crippen LogP contribution is -2.50. The molecule has 0 aromatic heterocycles. The van der Waals surface area contributed by atoms with Crippen molar-refractivity contribution in [2.75, 3.05) is 6.54 Å². The number of hydrogen-bond acceptors (Lipinski definition) is 5. The van der Waals surface area contributed by atoms with E-state index in [1.807, 2.05) is 6.92 Å². The van der Waals surface area contributed by atoms with Crippen LogP contribution in [0, 0.1) is 0 Å². The number of fused-ring (bicyclic) bond motifs is 1. The van der Waals surface area contributed by atoms with Gasteiger partial charge in [-0.2, -0.15) is 0 Å². The topological polar surface area (TPSA) is 116 Å².